The van der Waals surface area contributed by atoms with Gasteiger partial charge in [0, 0.05) is 29.2 Å². The fourth-order valence-corrected chi connectivity index (χ4v) is 3.25. The van der Waals surface area contributed by atoms with E-state index < -0.39 is 0 Å². The Morgan fingerprint density at radius 3 is 2.75 bits per heavy atom. The van der Waals surface area contributed by atoms with Gasteiger partial charge in [-0.15, -0.1) is 0 Å². The molecule has 1 aliphatic rings. The molecule has 20 heavy (non-hydrogen) atoms. The van der Waals surface area contributed by atoms with Crippen LogP contribution in [-0.2, 0) is 4.79 Å². The molecule has 0 heterocycles. The zero-order valence-corrected chi connectivity index (χ0v) is 13.6. The van der Waals surface area contributed by atoms with Gasteiger partial charge in [0.2, 0.25) is 5.91 Å². The van der Waals surface area contributed by atoms with Gasteiger partial charge in [-0.3, -0.25) is 4.79 Å². The van der Waals surface area contributed by atoms with E-state index in [2.05, 4.69) is 45.6 Å². The standard InChI is InChI=1S/C16H23BrN2O/c1-12-7-8-15(14(17)11-12)18-10-9-16(20)19-13-5-3-2-4-6-13/h7-8,11,13,18H,2-6,9-10H2,1H3,(H,19,20). The van der Waals surface area contributed by atoms with Crippen LogP contribution < -0.4 is 10.6 Å². The molecule has 0 radical (unpaired) electrons. The number of carbonyl (C=O) groups excluding carboxylic acids is 1. The van der Waals surface area contributed by atoms with Gasteiger partial charge < -0.3 is 10.6 Å². The minimum absolute atomic E-state index is 0.160. The fourth-order valence-electron chi connectivity index (χ4n) is 2.62. The van der Waals surface area contributed by atoms with Crippen molar-refractivity contribution in [2.75, 3.05) is 11.9 Å². The Labute approximate surface area is 129 Å². The lowest BCUT2D eigenvalue weighted by molar-refractivity contribution is -0.121. The van der Waals surface area contributed by atoms with Gasteiger partial charge in [0.05, 0.1) is 0 Å². The number of aryl methyl sites for hydroxylation is 1. The second-order valence-corrected chi connectivity index (χ2v) is 6.42. The van der Waals surface area contributed by atoms with Gasteiger partial charge >= 0.3 is 0 Å². The van der Waals surface area contributed by atoms with Gasteiger partial charge in [-0.1, -0.05) is 25.3 Å². The summed E-state index contributed by atoms with van der Waals surface area (Å²) in [7, 11) is 0. The molecule has 1 aliphatic carbocycles. The molecule has 0 aliphatic heterocycles. The van der Waals surface area contributed by atoms with Crippen LogP contribution in [0.5, 0.6) is 0 Å². The third-order valence-corrected chi connectivity index (χ3v) is 4.42. The lowest BCUT2D eigenvalue weighted by Gasteiger charge is -2.22. The first-order valence-corrected chi connectivity index (χ1v) is 8.24. The molecule has 4 heteroatoms. The van der Waals surface area contributed by atoms with Gasteiger partial charge in [-0.2, -0.15) is 0 Å². The summed E-state index contributed by atoms with van der Waals surface area (Å²) in [5.41, 5.74) is 2.26. The third-order valence-electron chi connectivity index (χ3n) is 3.76. The van der Waals surface area contributed by atoms with E-state index in [1.807, 2.05) is 6.07 Å². The first-order valence-electron chi connectivity index (χ1n) is 7.44. The molecule has 1 aromatic rings. The van der Waals surface area contributed by atoms with Crippen molar-refractivity contribution in [1.29, 1.82) is 0 Å². The van der Waals surface area contributed by atoms with Crippen LogP contribution >= 0.6 is 15.9 Å². The second kappa shape index (κ2) is 7.67. The van der Waals surface area contributed by atoms with Crippen LogP contribution in [0.25, 0.3) is 0 Å². The molecule has 0 atom stereocenters. The molecule has 2 rings (SSSR count). The summed E-state index contributed by atoms with van der Waals surface area (Å²) in [5.74, 6) is 0.160. The maximum Gasteiger partial charge on any atom is 0.221 e. The van der Waals surface area contributed by atoms with Gasteiger partial charge in [-0.25, -0.2) is 0 Å². The molecule has 3 nitrogen and oxygen atoms in total. The van der Waals surface area contributed by atoms with E-state index in [1.54, 1.807) is 0 Å². The highest BCUT2D eigenvalue weighted by Crippen LogP contribution is 2.23. The molecule has 0 spiro atoms. The SMILES string of the molecule is Cc1ccc(NCCC(=O)NC2CCCCC2)c(Br)c1. The molecule has 1 aromatic carbocycles. The second-order valence-electron chi connectivity index (χ2n) is 5.56. The van der Waals surface area contributed by atoms with Crippen LogP contribution in [0.4, 0.5) is 5.69 Å². The average Bonchev–Trinajstić information content (AvgIpc) is 2.42. The topological polar surface area (TPSA) is 41.1 Å². The van der Waals surface area contributed by atoms with Crippen molar-refractivity contribution in [2.24, 2.45) is 0 Å². The Bertz CT molecular complexity index is 456. The van der Waals surface area contributed by atoms with E-state index in [0.717, 1.165) is 23.0 Å². The van der Waals surface area contributed by atoms with Crippen LogP contribution in [0, 0.1) is 6.92 Å². The molecule has 1 amide bonds. The van der Waals surface area contributed by atoms with Crippen molar-refractivity contribution in [2.45, 2.75) is 51.5 Å². The lowest BCUT2D eigenvalue weighted by atomic mass is 9.95. The summed E-state index contributed by atoms with van der Waals surface area (Å²) in [6, 6.07) is 6.58. The fraction of sp³-hybridized carbons (Fsp3) is 0.562. The zero-order chi connectivity index (χ0) is 14.4. The third kappa shape index (κ3) is 4.82. The van der Waals surface area contributed by atoms with E-state index >= 15 is 0 Å². The Morgan fingerprint density at radius 1 is 1.30 bits per heavy atom. The average molecular weight is 339 g/mol. The van der Waals surface area contributed by atoms with Crippen molar-refractivity contribution in [3.05, 3.63) is 28.2 Å². The molecule has 1 fully saturated rings. The largest absolute Gasteiger partial charge is 0.384 e. The van der Waals surface area contributed by atoms with Crippen molar-refractivity contribution in [3.8, 4) is 0 Å². The zero-order valence-electron chi connectivity index (χ0n) is 12.0. The van der Waals surface area contributed by atoms with Gasteiger partial charge in [0.25, 0.3) is 0 Å². The molecular weight excluding hydrogens is 316 g/mol. The van der Waals surface area contributed by atoms with Crippen LogP contribution in [0.3, 0.4) is 0 Å². The number of halogens is 1. The number of rotatable bonds is 5. The molecular formula is C16H23BrN2O. The molecule has 0 unspecified atom stereocenters. The van der Waals surface area contributed by atoms with Crippen molar-refractivity contribution in [1.82, 2.24) is 5.32 Å². The smallest absolute Gasteiger partial charge is 0.221 e. The molecule has 1 saturated carbocycles. The first-order chi connectivity index (χ1) is 9.65. The Morgan fingerprint density at radius 2 is 2.05 bits per heavy atom. The van der Waals surface area contributed by atoms with Crippen LogP contribution in [0.1, 0.15) is 44.1 Å². The highest BCUT2D eigenvalue weighted by molar-refractivity contribution is 9.10. The number of anilines is 1. The Kier molecular flexibility index (Phi) is 5.89. The maximum absolute atomic E-state index is 11.9. The first kappa shape index (κ1) is 15.4. The summed E-state index contributed by atoms with van der Waals surface area (Å²) >= 11 is 3.53. The van der Waals surface area contributed by atoms with Gasteiger partial charge in [0.15, 0.2) is 0 Å². The van der Waals surface area contributed by atoms with E-state index in [0.29, 0.717) is 19.0 Å². The number of benzene rings is 1. The van der Waals surface area contributed by atoms with E-state index in [4.69, 9.17) is 0 Å². The molecule has 0 bridgehead atoms. The normalized spacial score (nSPS) is 15.9. The highest BCUT2D eigenvalue weighted by Gasteiger charge is 2.15. The number of hydrogen-bond donors (Lipinski definition) is 2. The van der Waals surface area contributed by atoms with Crippen molar-refractivity contribution < 1.29 is 4.79 Å². The monoisotopic (exact) mass is 338 g/mol. The molecule has 0 saturated heterocycles. The molecule has 110 valence electrons. The minimum atomic E-state index is 0.160. The summed E-state index contributed by atoms with van der Waals surface area (Å²) < 4.78 is 1.05. The number of hydrogen-bond acceptors (Lipinski definition) is 2. The molecule has 2 N–H and O–H groups in total. The Balaban J connectivity index is 1.70. The summed E-state index contributed by atoms with van der Waals surface area (Å²) in [5, 5.41) is 6.44. The number of carbonyl (C=O) groups is 1. The van der Waals surface area contributed by atoms with Crippen LogP contribution in [0.15, 0.2) is 22.7 Å². The summed E-state index contributed by atoms with van der Waals surface area (Å²) in [4.78, 5) is 11.9. The van der Waals surface area contributed by atoms with E-state index in [1.165, 1.54) is 24.8 Å². The predicted molar refractivity (Wildman–Crippen MR) is 87.0 cm³/mol. The Hall–Kier alpha value is -1.03. The maximum atomic E-state index is 11.9. The van der Waals surface area contributed by atoms with Crippen LogP contribution in [0.2, 0.25) is 0 Å². The number of nitrogens with one attached hydrogen (secondary N) is 2. The summed E-state index contributed by atoms with van der Waals surface area (Å²) in [6.45, 7) is 2.73. The van der Waals surface area contributed by atoms with Crippen molar-refractivity contribution in [3.63, 3.8) is 0 Å². The quantitative estimate of drug-likeness (QED) is 0.851. The highest BCUT2D eigenvalue weighted by atomic mass is 79.9. The van der Waals surface area contributed by atoms with Crippen molar-refractivity contribution >= 4 is 27.5 Å². The van der Waals surface area contributed by atoms with Gasteiger partial charge in [0.1, 0.15) is 0 Å². The van der Waals surface area contributed by atoms with Gasteiger partial charge in [-0.05, 0) is 53.4 Å². The predicted octanol–water partition coefficient (Wildman–Crippen LogP) is 4.01. The van der Waals surface area contributed by atoms with Crippen LogP contribution in [-0.4, -0.2) is 18.5 Å². The summed E-state index contributed by atoms with van der Waals surface area (Å²) in [6.07, 6.45) is 6.62. The van der Waals surface area contributed by atoms with E-state index in [-0.39, 0.29) is 5.91 Å². The molecule has 0 aromatic heterocycles. The minimum Gasteiger partial charge on any atom is -0.384 e. The number of amides is 1. The van der Waals surface area contributed by atoms with E-state index in [9.17, 15) is 4.79 Å². The lowest BCUT2D eigenvalue weighted by Crippen LogP contribution is -2.36.